The number of carbonyl (C=O) groups excluding carboxylic acids is 5. The van der Waals surface area contributed by atoms with Gasteiger partial charge in [-0.25, -0.2) is 14.4 Å². The maximum atomic E-state index is 13.1. The van der Waals surface area contributed by atoms with Gasteiger partial charge in [0.05, 0.1) is 43.7 Å². The summed E-state index contributed by atoms with van der Waals surface area (Å²) in [4.78, 5) is 63.3. The van der Waals surface area contributed by atoms with Crippen molar-refractivity contribution in [1.82, 2.24) is 0 Å². The molecule has 4 aromatic carbocycles. The minimum Gasteiger partial charge on any atom is -0.465 e. The molecule has 0 bridgehead atoms. The topological polar surface area (TPSA) is 128 Å². The maximum Gasteiger partial charge on any atom is 0.339 e. The van der Waals surface area contributed by atoms with E-state index in [0.717, 1.165) is 5.56 Å². The molecule has 4 aromatic rings. The lowest BCUT2D eigenvalue weighted by molar-refractivity contribution is 0.0592. The summed E-state index contributed by atoms with van der Waals surface area (Å²) in [6.45, 7) is 0. The SMILES string of the molecule is COC(=O)c1ccc(/C=C/c2ccc(NC(=O)c3ccc(N(C)C(=O)c4ccc(C(=O)OC)cc4)cc3)c(C(=O)OC)c2)cc1. The molecule has 0 spiro atoms. The van der Waals surface area contributed by atoms with Crippen LogP contribution in [0.4, 0.5) is 11.4 Å². The largest absolute Gasteiger partial charge is 0.465 e. The first-order valence-corrected chi connectivity index (χ1v) is 13.6. The van der Waals surface area contributed by atoms with Gasteiger partial charge < -0.3 is 24.4 Å². The fraction of sp³-hybridized carbons (Fsp3) is 0.114. The number of amides is 2. The molecular formula is C35H30N2O8. The van der Waals surface area contributed by atoms with Gasteiger partial charge in [0.25, 0.3) is 11.8 Å². The van der Waals surface area contributed by atoms with E-state index in [4.69, 9.17) is 9.47 Å². The molecule has 0 saturated heterocycles. The number of carbonyl (C=O) groups is 5. The molecule has 4 rings (SSSR count). The lowest BCUT2D eigenvalue weighted by Gasteiger charge is -2.18. The predicted octanol–water partition coefficient (Wildman–Crippen LogP) is 5.75. The fourth-order valence-corrected chi connectivity index (χ4v) is 4.30. The lowest BCUT2D eigenvalue weighted by atomic mass is 10.1. The van der Waals surface area contributed by atoms with Gasteiger partial charge in [-0.2, -0.15) is 0 Å². The molecule has 2 amide bonds. The Balaban J connectivity index is 1.46. The molecule has 0 aliphatic rings. The van der Waals surface area contributed by atoms with Crippen molar-refractivity contribution in [2.24, 2.45) is 0 Å². The molecule has 0 unspecified atom stereocenters. The number of anilines is 2. The molecule has 0 aliphatic carbocycles. The van der Waals surface area contributed by atoms with Gasteiger partial charge in [0.1, 0.15) is 0 Å². The van der Waals surface area contributed by atoms with Gasteiger partial charge in [0.15, 0.2) is 0 Å². The fourth-order valence-electron chi connectivity index (χ4n) is 4.30. The van der Waals surface area contributed by atoms with Gasteiger partial charge in [-0.05, 0) is 83.9 Å². The van der Waals surface area contributed by atoms with Crippen molar-refractivity contribution in [2.45, 2.75) is 0 Å². The van der Waals surface area contributed by atoms with Crippen LogP contribution in [0.25, 0.3) is 12.2 Å². The van der Waals surface area contributed by atoms with Crippen LogP contribution < -0.4 is 10.2 Å². The Labute approximate surface area is 259 Å². The van der Waals surface area contributed by atoms with Crippen molar-refractivity contribution in [3.63, 3.8) is 0 Å². The van der Waals surface area contributed by atoms with E-state index in [1.54, 1.807) is 79.9 Å². The Morgan fingerprint density at radius 2 is 1.04 bits per heavy atom. The molecule has 10 heteroatoms. The Bertz CT molecular complexity index is 1760. The number of hydrogen-bond donors (Lipinski definition) is 1. The third-order valence-electron chi connectivity index (χ3n) is 6.87. The summed E-state index contributed by atoms with van der Waals surface area (Å²) >= 11 is 0. The minimum absolute atomic E-state index is 0.161. The summed E-state index contributed by atoms with van der Waals surface area (Å²) in [5.74, 6) is -2.32. The number of rotatable bonds is 9. The van der Waals surface area contributed by atoms with Crippen molar-refractivity contribution in [3.05, 3.63) is 130 Å². The number of ether oxygens (including phenoxy) is 3. The number of benzene rings is 4. The van der Waals surface area contributed by atoms with E-state index in [1.807, 2.05) is 6.08 Å². The second-order valence-electron chi connectivity index (χ2n) is 9.68. The van der Waals surface area contributed by atoms with Crippen molar-refractivity contribution >= 4 is 53.2 Å². The quantitative estimate of drug-likeness (QED) is 0.145. The summed E-state index contributed by atoms with van der Waals surface area (Å²) < 4.78 is 14.3. The summed E-state index contributed by atoms with van der Waals surface area (Å²) in [6.07, 6.45) is 3.60. The van der Waals surface area contributed by atoms with E-state index in [2.05, 4.69) is 10.1 Å². The Morgan fingerprint density at radius 1 is 0.578 bits per heavy atom. The van der Waals surface area contributed by atoms with Gasteiger partial charge in [-0.1, -0.05) is 30.4 Å². The molecule has 0 heterocycles. The number of nitrogens with zero attached hydrogens (tertiary/aromatic N) is 1. The first kappa shape index (κ1) is 31.9. The van der Waals surface area contributed by atoms with Crippen molar-refractivity contribution < 1.29 is 38.2 Å². The Kier molecular flexibility index (Phi) is 10.2. The molecule has 0 saturated carbocycles. The third-order valence-corrected chi connectivity index (χ3v) is 6.87. The molecule has 228 valence electrons. The Hall–Kier alpha value is -6.03. The number of methoxy groups -OCH3 is 3. The smallest absolute Gasteiger partial charge is 0.339 e. The van der Waals surface area contributed by atoms with E-state index < -0.39 is 23.8 Å². The molecule has 0 aromatic heterocycles. The second-order valence-corrected chi connectivity index (χ2v) is 9.68. The van der Waals surface area contributed by atoms with Crippen molar-refractivity contribution in [2.75, 3.05) is 38.6 Å². The van der Waals surface area contributed by atoms with E-state index in [9.17, 15) is 24.0 Å². The molecule has 0 radical (unpaired) electrons. The van der Waals surface area contributed by atoms with Crippen LogP contribution in [0.2, 0.25) is 0 Å². The monoisotopic (exact) mass is 606 g/mol. The zero-order chi connectivity index (χ0) is 32.5. The molecule has 10 nitrogen and oxygen atoms in total. The standard InChI is InChI=1S/C35H30N2O8/c1-37(32(39)25-12-14-27(15-13-25)34(41)44-3)28-18-16-24(17-19-28)31(38)36-30-20-9-23(21-29(30)35(42)45-4)6-5-22-7-10-26(11-8-22)33(40)43-2/h5-21H,1-4H3,(H,36,38)/b6-5+. The van der Waals surface area contributed by atoms with E-state index in [1.165, 1.54) is 50.5 Å². The molecule has 0 fully saturated rings. The lowest BCUT2D eigenvalue weighted by Crippen LogP contribution is -2.26. The third kappa shape index (κ3) is 7.68. The van der Waals surface area contributed by atoms with Gasteiger partial charge in [-0.3, -0.25) is 9.59 Å². The summed E-state index contributed by atoms with van der Waals surface area (Å²) in [5, 5.41) is 2.76. The van der Waals surface area contributed by atoms with E-state index >= 15 is 0 Å². The van der Waals surface area contributed by atoms with Crippen LogP contribution in [0, 0.1) is 0 Å². The van der Waals surface area contributed by atoms with Gasteiger partial charge in [-0.15, -0.1) is 0 Å². The normalized spacial score (nSPS) is 10.6. The zero-order valence-corrected chi connectivity index (χ0v) is 25.0. The minimum atomic E-state index is -0.627. The van der Waals surface area contributed by atoms with Crippen LogP contribution in [0.1, 0.15) is 62.9 Å². The first-order valence-electron chi connectivity index (χ1n) is 13.6. The molecular weight excluding hydrogens is 576 g/mol. The van der Waals surface area contributed by atoms with Crippen LogP contribution in [0.5, 0.6) is 0 Å². The average molecular weight is 607 g/mol. The molecule has 0 atom stereocenters. The molecule has 45 heavy (non-hydrogen) atoms. The maximum absolute atomic E-state index is 13.1. The number of esters is 3. The highest BCUT2D eigenvalue weighted by Crippen LogP contribution is 2.23. The van der Waals surface area contributed by atoms with E-state index in [-0.39, 0.29) is 17.2 Å². The average Bonchev–Trinajstić information content (AvgIpc) is 3.09. The first-order chi connectivity index (χ1) is 21.6. The van der Waals surface area contributed by atoms with Crippen LogP contribution in [-0.4, -0.2) is 58.1 Å². The van der Waals surface area contributed by atoms with Crippen molar-refractivity contribution in [3.8, 4) is 0 Å². The predicted molar refractivity (Wildman–Crippen MR) is 169 cm³/mol. The second kappa shape index (κ2) is 14.4. The van der Waals surface area contributed by atoms with Crippen LogP contribution in [-0.2, 0) is 14.2 Å². The zero-order valence-electron chi connectivity index (χ0n) is 25.0. The van der Waals surface area contributed by atoms with Gasteiger partial charge in [0.2, 0.25) is 0 Å². The number of hydrogen-bond acceptors (Lipinski definition) is 8. The summed E-state index contributed by atoms with van der Waals surface area (Å²) in [6, 6.07) is 24.3. The van der Waals surface area contributed by atoms with Crippen LogP contribution >= 0.6 is 0 Å². The highest BCUT2D eigenvalue weighted by molar-refractivity contribution is 6.09. The van der Waals surface area contributed by atoms with Gasteiger partial charge in [0, 0.05) is 23.9 Å². The van der Waals surface area contributed by atoms with E-state index in [0.29, 0.717) is 33.5 Å². The highest BCUT2D eigenvalue weighted by Gasteiger charge is 2.18. The van der Waals surface area contributed by atoms with Crippen molar-refractivity contribution in [1.29, 1.82) is 0 Å². The molecule has 0 aliphatic heterocycles. The Morgan fingerprint density at radius 3 is 1.60 bits per heavy atom. The summed E-state index contributed by atoms with van der Waals surface area (Å²) in [7, 11) is 5.45. The van der Waals surface area contributed by atoms with Gasteiger partial charge >= 0.3 is 17.9 Å². The molecule has 1 N–H and O–H groups in total. The highest BCUT2D eigenvalue weighted by atomic mass is 16.5. The number of nitrogens with one attached hydrogen (secondary N) is 1. The summed E-state index contributed by atoms with van der Waals surface area (Å²) in [5.41, 5.74) is 3.91. The van der Waals surface area contributed by atoms with Crippen LogP contribution in [0.3, 0.4) is 0 Å². The van der Waals surface area contributed by atoms with Crippen LogP contribution in [0.15, 0.2) is 91.0 Å².